The van der Waals surface area contributed by atoms with E-state index in [0.29, 0.717) is 23.9 Å². The highest BCUT2D eigenvalue weighted by atomic mass is 16.5. The van der Waals surface area contributed by atoms with Crippen LogP contribution in [0.25, 0.3) is 0 Å². The summed E-state index contributed by atoms with van der Waals surface area (Å²) in [5, 5.41) is 19.5. The molecule has 0 saturated heterocycles. The first kappa shape index (κ1) is 21.8. The molecule has 0 saturated carbocycles. The molecule has 1 aliphatic heterocycles. The molecule has 2 aromatic carbocycles. The van der Waals surface area contributed by atoms with Gasteiger partial charge in [-0.05, 0) is 30.2 Å². The fraction of sp³-hybridized carbons (Fsp3) is 0.208. The van der Waals surface area contributed by atoms with Crippen LogP contribution in [0.5, 0.6) is 17.4 Å². The predicted molar refractivity (Wildman–Crippen MR) is 119 cm³/mol. The van der Waals surface area contributed by atoms with Crippen LogP contribution in [0.2, 0.25) is 0 Å². The second-order valence-corrected chi connectivity index (χ2v) is 7.45. The van der Waals surface area contributed by atoms with Gasteiger partial charge in [-0.2, -0.15) is 5.26 Å². The largest absolute Gasteiger partial charge is 0.493 e. The van der Waals surface area contributed by atoms with Crippen molar-refractivity contribution in [2.45, 2.75) is 19.4 Å². The van der Waals surface area contributed by atoms with Crippen LogP contribution in [0.3, 0.4) is 0 Å². The number of aryl methyl sites for hydroxylation is 1. The molecule has 33 heavy (non-hydrogen) atoms. The van der Waals surface area contributed by atoms with Crippen LogP contribution in [-0.4, -0.2) is 29.8 Å². The lowest BCUT2D eigenvalue weighted by molar-refractivity contribution is -0.123. The molecule has 3 aromatic rings. The molecule has 9 heteroatoms. The Kier molecular flexibility index (Phi) is 6.17. The van der Waals surface area contributed by atoms with Gasteiger partial charge in [0.05, 0.1) is 13.0 Å². The highest BCUT2D eigenvalue weighted by molar-refractivity contribution is 5.77. The van der Waals surface area contributed by atoms with Gasteiger partial charge in [0.25, 0.3) is 5.91 Å². The summed E-state index contributed by atoms with van der Waals surface area (Å²) in [4.78, 5) is 12.2. The summed E-state index contributed by atoms with van der Waals surface area (Å²) in [6, 6.07) is 17.0. The summed E-state index contributed by atoms with van der Waals surface area (Å²) in [5.74, 6) is 0.445. The van der Waals surface area contributed by atoms with Crippen LogP contribution in [0.15, 0.2) is 60.0 Å². The number of methoxy groups -OCH3 is 1. The van der Waals surface area contributed by atoms with Gasteiger partial charge in [0.1, 0.15) is 11.6 Å². The minimum atomic E-state index is -0.477. The lowest BCUT2D eigenvalue weighted by Crippen LogP contribution is -2.28. The van der Waals surface area contributed by atoms with Gasteiger partial charge in [-0.1, -0.05) is 36.4 Å². The number of hydrogen-bond acceptors (Lipinski definition) is 7. The van der Waals surface area contributed by atoms with E-state index in [1.165, 1.54) is 7.11 Å². The number of nitrogens with one attached hydrogen (secondary N) is 2. The molecular formula is C24H23N5O4. The number of hydrogen-bond donors (Lipinski definition) is 3. The minimum Gasteiger partial charge on any atom is -0.493 e. The Balaban J connectivity index is 1.52. The van der Waals surface area contributed by atoms with Crippen molar-refractivity contribution in [2.24, 2.45) is 5.73 Å². The zero-order valence-corrected chi connectivity index (χ0v) is 18.2. The fourth-order valence-electron chi connectivity index (χ4n) is 3.71. The lowest BCUT2D eigenvalue weighted by atomic mass is 9.84. The molecule has 0 aliphatic carbocycles. The van der Waals surface area contributed by atoms with E-state index in [-0.39, 0.29) is 24.0 Å². The van der Waals surface area contributed by atoms with Crippen LogP contribution in [0, 0.1) is 18.3 Å². The number of aromatic nitrogens is 2. The van der Waals surface area contributed by atoms with Gasteiger partial charge in [0.2, 0.25) is 11.8 Å². The van der Waals surface area contributed by atoms with E-state index in [4.69, 9.17) is 19.9 Å². The van der Waals surface area contributed by atoms with Crippen molar-refractivity contribution in [2.75, 3.05) is 13.7 Å². The van der Waals surface area contributed by atoms with Crippen molar-refractivity contribution in [3.63, 3.8) is 0 Å². The number of nitrogens with two attached hydrogens (primary N) is 1. The van der Waals surface area contributed by atoms with Gasteiger partial charge in [-0.25, -0.2) is 0 Å². The normalized spacial score (nSPS) is 14.6. The maximum absolute atomic E-state index is 12.2. The van der Waals surface area contributed by atoms with Crippen LogP contribution >= 0.6 is 0 Å². The Hall–Kier alpha value is -4.45. The fourth-order valence-corrected chi connectivity index (χ4v) is 3.71. The van der Waals surface area contributed by atoms with E-state index in [9.17, 15) is 10.1 Å². The average Bonchev–Trinajstić information content (AvgIpc) is 3.20. The standard InChI is InChI=1S/C24H23N5O4/c1-14-21-22(17(11-25)23(26)33-24(21)29-28-14)16-8-9-18(19(10-16)31-2)32-13-20(30)27-12-15-6-4-3-5-7-15/h3-10,22H,12-13,26H2,1-2H3,(H,27,30)(H,28,29). The van der Waals surface area contributed by atoms with Gasteiger partial charge >= 0.3 is 0 Å². The molecule has 1 amide bonds. The molecule has 1 unspecified atom stereocenters. The van der Waals surface area contributed by atoms with E-state index in [2.05, 4.69) is 21.6 Å². The van der Waals surface area contributed by atoms with Gasteiger partial charge in [-0.15, -0.1) is 5.10 Å². The highest BCUT2D eigenvalue weighted by Crippen LogP contribution is 2.44. The third kappa shape index (κ3) is 4.45. The molecule has 168 valence electrons. The molecule has 0 radical (unpaired) electrons. The summed E-state index contributed by atoms with van der Waals surface area (Å²) in [7, 11) is 1.51. The number of H-pyrrole nitrogens is 1. The Morgan fingerprint density at radius 1 is 1.27 bits per heavy atom. The molecule has 2 heterocycles. The quantitative estimate of drug-likeness (QED) is 0.509. The van der Waals surface area contributed by atoms with Crippen molar-refractivity contribution < 1.29 is 19.0 Å². The third-order valence-electron chi connectivity index (χ3n) is 5.34. The van der Waals surface area contributed by atoms with Crippen molar-refractivity contribution in [1.29, 1.82) is 5.26 Å². The number of benzene rings is 2. The number of carbonyl (C=O) groups is 1. The molecule has 9 nitrogen and oxygen atoms in total. The van der Waals surface area contributed by atoms with Crippen LogP contribution in [-0.2, 0) is 11.3 Å². The number of amides is 1. The first-order chi connectivity index (χ1) is 16.0. The number of fused-ring (bicyclic) bond motifs is 1. The topological polar surface area (TPSA) is 135 Å². The van der Waals surface area contributed by atoms with Gasteiger partial charge in [0.15, 0.2) is 18.1 Å². The Labute approximate surface area is 190 Å². The second-order valence-electron chi connectivity index (χ2n) is 7.45. The smallest absolute Gasteiger partial charge is 0.258 e. The molecular weight excluding hydrogens is 422 g/mol. The van der Waals surface area contributed by atoms with Crippen molar-refractivity contribution in [1.82, 2.24) is 15.5 Å². The molecule has 0 fully saturated rings. The zero-order chi connectivity index (χ0) is 23.4. The zero-order valence-electron chi connectivity index (χ0n) is 18.2. The first-order valence-electron chi connectivity index (χ1n) is 10.3. The lowest BCUT2D eigenvalue weighted by Gasteiger charge is -2.24. The number of carbonyl (C=O) groups excluding carboxylic acids is 1. The number of nitriles is 1. The monoisotopic (exact) mass is 445 g/mol. The van der Waals surface area contributed by atoms with Gasteiger partial charge in [-0.3, -0.25) is 9.89 Å². The molecule has 1 aromatic heterocycles. The molecule has 0 bridgehead atoms. The first-order valence-corrected chi connectivity index (χ1v) is 10.3. The average molecular weight is 445 g/mol. The van der Waals surface area contributed by atoms with Gasteiger partial charge in [0, 0.05) is 17.8 Å². The molecule has 4 rings (SSSR count). The molecule has 1 atom stereocenters. The highest BCUT2D eigenvalue weighted by Gasteiger charge is 2.34. The summed E-state index contributed by atoms with van der Waals surface area (Å²) in [5.41, 5.74) is 9.51. The van der Waals surface area contributed by atoms with Crippen molar-refractivity contribution >= 4 is 5.91 Å². The molecule has 0 spiro atoms. The SMILES string of the molecule is COc1cc(C2C(C#N)=C(N)Oc3n[nH]c(C)c32)ccc1OCC(=O)NCc1ccccc1. The summed E-state index contributed by atoms with van der Waals surface area (Å²) in [6.07, 6.45) is 0. The van der Waals surface area contributed by atoms with E-state index in [0.717, 1.165) is 22.4 Å². The van der Waals surface area contributed by atoms with Crippen LogP contribution < -0.4 is 25.3 Å². The maximum atomic E-state index is 12.2. The Morgan fingerprint density at radius 3 is 2.79 bits per heavy atom. The Bertz CT molecular complexity index is 1240. The third-order valence-corrected chi connectivity index (χ3v) is 5.34. The second kappa shape index (κ2) is 9.36. The number of allylic oxidation sites excluding steroid dienone is 1. The van der Waals surface area contributed by atoms with E-state index >= 15 is 0 Å². The van der Waals surface area contributed by atoms with Gasteiger partial charge < -0.3 is 25.3 Å². The van der Waals surface area contributed by atoms with Crippen LogP contribution in [0.1, 0.15) is 28.3 Å². The number of nitrogens with zero attached hydrogens (tertiary/aromatic N) is 2. The predicted octanol–water partition coefficient (Wildman–Crippen LogP) is 2.64. The van der Waals surface area contributed by atoms with Crippen molar-refractivity contribution in [3.8, 4) is 23.4 Å². The van der Waals surface area contributed by atoms with E-state index in [1.54, 1.807) is 18.2 Å². The Morgan fingerprint density at radius 2 is 2.06 bits per heavy atom. The van der Waals surface area contributed by atoms with E-state index < -0.39 is 5.92 Å². The minimum absolute atomic E-state index is 0.0101. The summed E-state index contributed by atoms with van der Waals surface area (Å²) >= 11 is 0. The summed E-state index contributed by atoms with van der Waals surface area (Å²) < 4.78 is 16.7. The number of ether oxygens (including phenoxy) is 3. The molecule has 1 aliphatic rings. The van der Waals surface area contributed by atoms with Crippen LogP contribution in [0.4, 0.5) is 0 Å². The molecule has 4 N–H and O–H groups in total. The summed E-state index contributed by atoms with van der Waals surface area (Å²) in [6.45, 7) is 2.10. The number of aromatic amines is 1. The van der Waals surface area contributed by atoms with E-state index in [1.807, 2.05) is 37.3 Å². The number of rotatable bonds is 7. The van der Waals surface area contributed by atoms with Crippen molar-refractivity contribution in [3.05, 3.63) is 82.4 Å². The maximum Gasteiger partial charge on any atom is 0.258 e.